The van der Waals surface area contributed by atoms with Gasteiger partial charge in [-0.15, -0.1) is 0 Å². The molecule has 2 saturated carbocycles. The molecule has 4 rings (SSSR count). The molecule has 0 radical (unpaired) electrons. The maximum Gasteiger partial charge on any atom is 0.302 e. The normalized spacial score (nSPS) is 38.9. The van der Waals surface area contributed by atoms with Gasteiger partial charge < -0.3 is 10.1 Å². The number of carbonyl (C=O) groups is 1. The molecule has 0 aliphatic heterocycles. The highest BCUT2D eigenvalue weighted by Gasteiger charge is 2.58. The molecule has 0 aromatic heterocycles. The second kappa shape index (κ2) is 9.28. The second-order valence-electron chi connectivity index (χ2n) is 10.7. The van der Waals surface area contributed by atoms with Gasteiger partial charge >= 0.3 is 5.97 Å². The van der Waals surface area contributed by atoms with Gasteiger partial charge in [0.1, 0.15) is 6.10 Å². The van der Waals surface area contributed by atoms with Gasteiger partial charge in [-0.25, -0.2) is 0 Å². The lowest BCUT2D eigenvalue weighted by Gasteiger charge is -2.55. The Kier molecular flexibility index (Phi) is 6.81. The summed E-state index contributed by atoms with van der Waals surface area (Å²) in [6, 6.07) is 0. The van der Waals surface area contributed by atoms with Crippen molar-refractivity contribution in [1.29, 1.82) is 0 Å². The highest BCUT2D eigenvalue weighted by atomic mass is 32.1. The molecule has 0 spiro atoms. The molecule has 4 aliphatic rings. The van der Waals surface area contributed by atoms with Crippen molar-refractivity contribution in [2.24, 2.45) is 33.7 Å². The number of rotatable bonds is 5. The summed E-state index contributed by atoms with van der Waals surface area (Å²) in [7, 11) is 0. The van der Waals surface area contributed by atoms with E-state index in [1.807, 2.05) is 0 Å². The van der Waals surface area contributed by atoms with Gasteiger partial charge in [-0.3, -0.25) is 10.2 Å². The van der Waals surface area contributed by atoms with Crippen molar-refractivity contribution >= 4 is 29.0 Å². The van der Waals surface area contributed by atoms with Crippen LogP contribution >= 0.6 is 12.2 Å². The lowest BCUT2D eigenvalue weighted by Crippen LogP contribution is -2.50. The number of thiocarbonyl (C=S) groups is 1. The summed E-state index contributed by atoms with van der Waals surface area (Å²) >= 11 is 5.34. The van der Waals surface area contributed by atoms with Crippen LogP contribution in [-0.4, -0.2) is 29.4 Å². The number of hydrogen-bond donors (Lipinski definition) is 2. The minimum atomic E-state index is -0.136. The molecule has 176 valence electrons. The first kappa shape index (κ1) is 23.5. The molecule has 6 atom stereocenters. The molecule has 0 heterocycles. The maximum absolute atomic E-state index is 11.7. The third-order valence-corrected chi connectivity index (χ3v) is 9.10. The fraction of sp³-hybridized carbons (Fsp3) is 0.731. The van der Waals surface area contributed by atoms with Crippen LogP contribution in [0.5, 0.6) is 0 Å². The van der Waals surface area contributed by atoms with Crippen LogP contribution in [0.2, 0.25) is 0 Å². The van der Waals surface area contributed by atoms with E-state index in [0.29, 0.717) is 22.9 Å². The van der Waals surface area contributed by atoms with Crippen molar-refractivity contribution in [2.45, 2.75) is 85.2 Å². The lowest BCUT2D eigenvalue weighted by atomic mass is 9.49. The number of hydrazone groups is 1. The third-order valence-electron chi connectivity index (χ3n) is 8.87. The van der Waals surface area contributed by atoms with Gasteiger partial charge in [0.05, 0.1) is 5.71 Å². The van der Waals surface area contributed by atoms with Crippen LogP contribution in [0, 0.1) is 28.6 Å². The van der Waals surface area contributed by atoms with Crippen molar-refractivity contribution in [2.75, 3.05) is 6.54 Å². The van der Waals surface area contributed by atoms with Gasteiger partial charge in [0.2, 0.25) is 0 Å². The lowest BCUT2D eigenvalue weighted by molar-refractivity contribution is -0.155. The number of unbranched alkanes of at least 4 members (excludes halogenated alkanes) is 1. The van der Waals surface area contributed by atoms with E-state index in [1.165, 1.54) is 12.0 Å². The van der Waals surface area contributed by atoms with Crippen LogP contribution in [-0.2, 0) is 9.53 Å². The average molecular weight is 458 g/mol. The highest BCUT2D eigenvalue weighted by molar-refractivity contribution is 7.80. The molecular formula is C26H39N3O2S. The van der Waals surface area contributed by atoms with E-state index in [2.05, 4.69) is 54.8 Å². The van der Waals surface area contributed by atoms with Gasteiger partial charge in [0.15, 0.2) is 5.11 Å². The molecule has 5 nitrogen and oxygen atoms in total. The zero-order valence-electron chi connectivity index (χ0n) is 20.1. The first-order chi connectivity index (χ1) is 15.3. The predicted molar refractivity (Wildman–Crippen MR) is 133 cm³/mol. The Labute approximate surface area is 198 Å². The molecule has 32 heavy (non-hydrogen) atoms. The number of ether oxygens (including phenoxy) is 1. The first-order valence-corrected chi connectivity index (χ1v) is 12.9. The van der Waals surface area contributed by atoms with Gasteiger partial charge in [-0.05, 0) is 92.0 Å². The molecule has 6 heteroatoms. The maximum atomic E-state index is 11.7. The van der Waals surface area contributed by atoms with Gasteiger partial charge in [-0.2, -0.15) is 5.10 Å². The summed E-state index contributed by atoms with van der Waals surface area (Å²) in [4.78, 5) is 11.7. The van der Waals surface area contributed by atoms with Gasteiger partial charge in [0.25, 0.3) is 0 Å². The van der Waals surface area contributed by atoms with E-state index in [1.54, 1.807) is 6.92 Å². The second-order valence-corrected chi connectivity index (χ2v) is 11.1. The number of nitrogens with zero attached hydrogens (tertiary/aromatic N) is 1. The Morgan fingerprint density at radius 2 is 2.06 bits per heavy atom. The standard InChI is InChI=1S/C26H39N3O2S/c1-5-6-15-27-24(32)29-28-19-11-13-25(3)18(16-19)7-8-20-21-9-10-23(31-17(2)30)26(21,4)14-12-22(20)25/h7-8,16,20-23H,5-6,9-15H2,1-4H3,(H2,27,29,32). The van der Waals surface area contributed by atoms with Crippen molar-refractivity contribution in [3.8, 4) is 0 Å². The van der Waals surface area contributed by atoms with Gasteiger partial charge in [-0.1, -0.05) is 39.3 Å². The monoisotopic (exact) mass is 457 g/mol. The Bertz CT molecular complexity index is 850. The number of esters is 1. The molecule has 0 bridgehead atoms. The summed E-state index contributed by atoms with van der Waals surface area (Å²) in [5.74, 6) is 1.69. The first-order valence-electron chi connectivity index (χ1n) is 12.5. The van der Waals surface area contributed by atoms with Crippen LogP contribution in [0.25, 0.3) is 0 Å². The average Bonchev–Trinajstić information content (AvgIpc) is 3.08. The van der Waals surface area contributed by atoms with Crippen molar-refractivity contribution < 1.29 is 9.53 Å². The molecule has 0 aromatic rings. The summed E-state index contributed by atoms with van der Waals surface area (Å²) in [6.07, 6.45) is 16.0. The number of fused-ring (bicyclic) bond motifs is 5. The van der Waals surface area contributed by atoms with Crippen molar-refractivity contribution in [3.05, 3.63) is 23.8 Å². The fourth-order valence-corrected chi connectivity index (χ4v) is 7.13. The smallest absolute Gasteiger partial charge is 0.302 e. The molecule has 6 unspecified atom stereocenters. The molecule has 0 aromatic carbocycles. The van der Waals surface area contributed by atoms with Crippen LogP contribution in [0.15, 0.2) is 28.9 Å². The third kappa shape index (κ3) is 4.27. The van der Waals surface area contributed by atoms with Crippen LogP contribution in [0.4, 0.5) is 0 Å². The SMILES string of the molecule is CCCCNC(=S)NN=C1C=C2C=CC3C(CCC4(C)C(OC(C)=O)CCC34)C2(C)CC1. The largest absolute Gasteiger partial charge is 0.462 e. The summed E-state index contributed by atoms with van der Waals surface area (Å²) in [6.45, 7) is 9.43. The van der Waals surface area contributed by atoms with Crippen LogP contribution in [0.1, 0.15) is 79.1 Å². The Morgan fingerprint density at radius 1 is 1.25 bits per heavy atom. The molecule has 0 amide bonds. The van der Waals surface area contributed by atoms with E-state index < -0.39 is 0 Å². The van der Waals surface area contributed by atoms with E-state index >= 15 is 0 Å². The van der Waals surface area contributed by atoms with Crippen molar-refractivity contribution in [3.63, 3.8) is 0 Å². The zero-order valence-corrected chi connectivity index (χ0v) is 20.9. The number of carbonyl (C=O) groups excluding carboxylic acids is 1. The number of allylic oxidation sites excluding steroid dienone is 4. The summed E-state index contributed by atoms with van der Waals surface area (Å²) in [5, 5.41) is 8.41. The fourth-order valence-electron chi connectivity index (χ4n) is 6.98. The van der Waals surface area contributed by atoms with Crippen molar-refractivity contribution in [1.82, 2.24) is 10.7 Å². The molecule has 4 aliphatic carbocycles. The predicted octanol–water partition coefficient (Wildman–Crippen LogP) is 5.28. The highest BCUT2D eigenvalue weighted by Crippen LogP contribution is 2.64. The minimum Gasteiger partial charge on any atom is -0.462 e. The topological polar surface area (TPSA) is 62.7 Å². The number of hydrogen-bond acceptors (Lipinski definition) is 4. The molecule has 0 saturated heterocycles. The number of nitrogens with one attached hydrogen (secondary N) is 2. The zero-order chi connectivity index (χ0) is 22.9. The Balaban J connectivity index is 1.49. The van der Waals surface area contributed by atoms with E-state index in [0.717, 1.165) is 57.2 Å². The van der Waals surface area contributed by atoms with Gasteiger partial charge in [0, 0.05) is 18.9 Å². The quantitative estimate of drug-likeness (QED) is 0.255. The summed E-state index contributed by atoms with van der Waals surface area (Å²) in [5.41, 5.74) is 5.83. The molecular weight excluding hydrogens is 418 g/mol. The van der Waals surface area contributed by atoms with E-state index in [4.69, 9.17) is 17.0 Å². The van der Waals surface area contributed by atoms with E-state index in [9.17, 15) is 4.79 Å². The molecule has 2 fully saturated rings. The van der Waals surface area contributed by atoms with E-state index in [-0.39, 0.29) is 22.9 Å². The summed E-state index contributed by atoms with van der Waals surface area (Å²) < 4.78 is 5.77. The van der Waals surface area contributed by atoms with Crippen LogP contribution < -0.4 is 10.7 Å². The Morgan fingerprint density at radius 3 is 2.81 bits per heavy atom. The minimum absolute atomic E-state index is 0.0787. The Hall–Kier alpha value is -1.69. The molecule has 2 N–H and O–H groups in total. The van der Waals surface area contributed by atoms with Crippen LogP contribution in [0.3, 0.4) is 0 Å².